The molecule has 7 heteroatoms. The Morgan fingerprint density at radius 3 is 2.77 bits per heavy atom. The molecule has 2 heterocycles. The Balaban J connectivity index is 1.31. The fraction of sp³-hybridized carbons (Fsp3) is 0.583. The van der Waals surface area contributed by atoms with E-state index >= 15 is 0 Å². The summed E-state index contributed by atoms with van der Waals surface area (Å²) in [6.07, 6.45) is 2.31. The molecule has 1 aromatic rings. The van der Waals surface area contributed by atoms with Crippen LogP contribution in [0.3, 0.4) is 0 Å². The van der Waals surface area contributed by atoms with Gasteiger partial charge in [0.2, 0.25) is 0 Å². The van der Waals surface area contributed by atoms with E-state index in [1.165, 1.54) is 0 Å². The highest BCUT2D eigenvalue weighted by molar-refractivity contribution is 5.99. The minimum absolute atomic E-state index is 0.00617. The molecule has 1 aromatic carbocycles. The van der Waals surface area contributed by atoms with E-state index in [4.69, 9.17) is 9.47 Å². The number of ketones is 1. The van der Waals surface area contributed by atoms with Crippen LogP contribution >= 0.6 is 0 Å². The van der Waals surface area contributed by atoms with Gasteiger partial charge in [-0.3, -0.25) is 14.5 Å². The number of rotatable bonds is 7. The van der Waals surface area contributed by atoms with Crippen LogP contribution in [0.2, 0.25) is 0 Å². The lowest BCUT2D eigenvalue weighted by atomic mass is 9.85. The highest BCUT2D eigenvalue weighted by Gasteiger charge is 2.34. The molecule has 1 aliphatic carbocycles. The van der Waals surface area contributed by atoms with Gasteiger partial charge >= 0.3 is 0 Å². The molecule has 1 amide bonds. The van der Waals surface area contributed by atoms with E-state index in [-0.39, 0.29) is 24.0 Å². The highest BCUT2D eigenvalue weighted by atomic mass is 16.5. The molecule has 1 saturated heterocycles. The van der Waals surface area contributed by atoms with Crippen LogP contribution in [0.5, 0.6) is 5.75 Å². The molecule has 0 bridgehead atoms. The Morgan fingerprint density at radius 2 is 2.00 bits per heavy atom. The van der Waals surface area contributed by atoms with Crippen LogP contribution in [-0.4, -0.2) is 72.2 Å². The number of nitrogens with zero attached hydrogens (tertiary/aromatic N) is 2. The van der Waals surface area contributed by atoms with Gasteiger partial charge in [0.05, 0.1) is 25.9 Å². The van der Waals surface area contributed by atoms with Crippen LogP contribution in [-0.2, 0) is 27.4 Å². The van der Waals surface area contributed by atoms with Crippen molar-refractivity contribution < 1.29 is 24.2 Å². The number of hydrogen-bond donors (Lipinski definition) is 1. The number of allylic oxidation sites excluding steroid dienone is 1. The number of amides is 1. The topological polar surface area (TPSA) is 79.3 Å². The van der Waals surface area contributed by atoms with Gasteiger partial charge in [0.1, 0.15) is 11.5 Å². The van der Waals surface area contributed by atoms with Crippen molar-refractivity contribution in [3.05, 3.63) is 41.0 Å². The second-order valence-corrected chi connectivity index (χ2v) is 8.57. The largest absolute Gasteiger partial charge is 0.494 e. The van der Waals surface area contributed by atoms with E-state index in [9.17, 15) is 14.7 Å². The molecule has 0 radical (unpaired) electrons. The first-order valence-corrected chi connectivity index (χ1v) is 11.3. The van der Waals surface area contributed by atoms with Gasteiger partial charge in [0.25, 0.3) is 5.91 Å². The van der Waals surface area contributed by atoms with Gasteiger partial charge in [-0.1, -0.05) is 19.1 Å². The molecule has 2 atom stereocenters. The van der Waals surface area contributed by atoms with Crippen molar-refractivity contribution in [3.8, 4) is 5.75 Å². The molecule has 7 nitrogen and oxygen atoms in total. The zero-order valence-corrected chi connectivity index (χ0v) is 18.2. The molecule has 1 N–H and O–H groups in total. The van der Waals surface area contributed by atoms with Crippen molar-refractivity contribution >= 4 is 11.7 Å². The number of carbonyl (C=O) groups excluding carboxylic acids is 2. The molecular weight excluding hydrogens is 396 g/mol. The maximum atomic E-state index is 13.0. The summed E-state index contributed by atoms with van der Waals surface area (Å²) in [5.41, 5.74) is 2.54. The van der Waals surface area contributed by atoms with Crippen molar-refractivity contribution in [1.29, 1.82) is 0 Å². The molecule has 1 fully saturated rings. The second kappa shape index (κ2) is 9.94. The monoisotopic (exact) mass is 428 g/mol. The Kier molecular flexibility index (Phi) is 7.05. The Bertz CT molecular complexity index is 846. The normalized spacial score (nSPS) is 24.1. The fourth-order valence-corrected chi connectivity index (χ4v) is 4.52. The van der Waals surface area contributed by atoms with E-state index in [0.29, 0.717) is 31.7 Å². The smallest absolute Gasteiger partial charge is 0.252 e. The minimum Gasteiger partial charge on any atom is -0.494 e. The predicted molar refractivity (Wildman–Crippen MR) is 116 cm³/mol. The second-order valence-electron chi connectivity index (χ2n) is 8.57. The van der Waals surface area contributed by atoms with E-state index < -0.39 is 6.10 Å². The third-order valence-electron chi connectivity index (χ3n) is 6.41. The Morgan fingerprint density at radius 1 is 1.23 bits per heavy atom. The standard InChI is InChI=1S/C24H32N2O5/c1-2-17-13-21(23(28)14-22(17)27)24(29)26-15-18-4-5-20(12-19(18)16-26)31-9-3-6-25-7-10-30-11-8-25/h4-5,12-13,17,23,28H,2-3,6-11,14-16H2,1H3. The molecule has 4 rings (SSSR count). The van der Waals surface area contributed by atoms with Gasteiger partial charge in [0.15, 0.2) is 0 Å². The van der Waals surface area contributed by atoms with Crippen molar-refractivity contribution in [2.45, 2.75) is 45.4 Å². The van der Waals surface area contributed by atoms with Crippen molar-refractivity contribution in [1.82, 2.24) is 9.80 Å². The third-order valence-corrected chi connectivity index (χ3v) is 6.41. The highest BCUT2D eigenvalue weighted by Crippen LogP contribution is 2.30. The molecule has 2 unspecified atom stereocenters. The van der Waals surface area contributed by atoms with Crippen LogP contribution < -0.4 is 4.74 Å². The Hall–Kier alpha value is -2.22. The number of aliphatic hydroxyl groups excluding tert-OH is 1. The van der Waals surface area contributed by atoms with E-state index in [2.05, 4.69) is 4.90 Å². The van der Waals surface area contributed by atoms with Crippen LogP contribution in [0.15, 0.2) is 29.8 Å². The van der Waals surface area contributed by atoms with E-state index in [0.717, 1.165) is 56.1 Å². The zero-order chi connectivity index (χ0) is 21.8. The van der Waals surface area contributed by atoms with Gasteiger partial charge in [-0.05, 0) is 36.1 Å². The van der Waals surface area contributed by atoms with E-state index in [1.807, 2.05) is 25.1 Å². The lowest BCUT2D eigenvalue weighted by Crippen LogP contribution is -2.37. The minimum atomic E-state index is -1.00. The Labute approximate surface area is 183 Å². The predicted octanol–water partition coefficient (Wildman–Crippen LogP) is 1.92. The summed E-state index contributed by atoms with van der Waals surface area (Å²) in [7, 11) is 0. The fourth-order valence-electron chi connectivity index (χ4n) is 4.52. The first kappa shape index (κ1) is 22.0. The molecule has 3 aliphatic rings. The molecule has 0 saturated carbocycles. The van der Waals surface area contributed by atoms with Gasteiger partial charge in [-0.2, -0.15) is 0 Å². The quantitative estimate of drug-likeness (QED) is 0.669. The number of Topliss-reactive ketones (excluding diaryl/α,β-unsaturated/α-hetero) is 1. The number of benzene rings is 1. The summed E-state index contributed by atoms with van der Waals surface area (Å²) in [6, 6.07) is 5.99. The summed E-state index contributed by atoms with van der Waals surface area (Å²) in [4.78, 5) is 29.2. The number of morpholine rings is 1. The third kappa shape index (κ3) is 5.17. The van der Waals surface area contributed by atoms with E-state index in [1.54, 1.807) is 11.0 Å². The van der Waals surface area contributed by atoms with Crippen molar-refractivity contribution in [2.75, 3.05) is 39.5 Å². The number of hydrogen-bond acceptors (Lipinski definition) is 6. The molecule has 31 heavy (non-hydrogen) atoms. The average Bonchev–Trinajstić information content (AvgIpc) is 3.21. The van der Waals surface area contributed by atoms with Crippen molar-refractivity contribution in [2.24, 2.45) is 5.92 Å². The number of carbonyl (C=O) groups is 2. The lowest BCUT2D eigenvalue weighted by molar-refractivity contribution is -0.130. The van der Waals surface area contributed by atoms with Crippen LogP contribution in [0.25, 0.3) is 0 Å². The number of ether oxygens (including phenoxy) is 2. The van der Waals surface area contributed by atoms with Gasteiger partial charge in [-0.25, -0.2) is 0 Å². The van der Waals surface area contributed by atoms with Gasteiger partial charge < -0.3 is 19.5 Å². The van der Waals surface area contributed by atoms with Gasteiger partial charge in [0, 0.05) is 50.6 Å². The molecule has 0 aromatic heterocycles. The lowest BCUT2D eigenvalue weighted by Gasteiger charge is -2.26. The summed E-state index contributed by atoms with van der Waals surface area (Å²) < 4.78 is 11.3. The van der Waals surface area contributed by atoms with Crippen molar-refractivity contribution in [3.63, 3.8) is 0 Å². The van der Waals surface area contributed by atoms with Crippen LogP contribution in [0.1, 0.15) is 37.3 Å². The molecule has 0 spiro atoms. The summed E-state index contributed by atoms with van der Waals surface area (Å²) in [5.74, 6) is 0.377. The van der Waals surface area contributed by atoms with Gasteiger partial charge in [-0.15, -0.1) is 0 Å². The summed E-state index contributed by atoms with van der Waals surface area (Å²) >= 11 is 0. The first-order chi connectivity index (χ1) is 15.0. The summed E-state index contributed by atoms with van der Waals surface area (Å²) in [6.45, 7) is 8.19. The maximum Gasteiger partial charge on any atom is 0.252 e. The maximum absolute atomic E-state index is 13.0. The molecule has 168 valence electrons. The molecule has 2 aliphatic heterocycles. The summed E-state index contributed by atoms with van der Waals surface area (Å²) in [5, 5.41) is 10.3. The number of fused-ring (bicyclic) bond motifs is 1. The zero-order valence-electron chi connectivity index (χ0n) is 18.2. The van der Waals surface area contributed by atoms with Crippen LogP contribution in [0, 0.1) is 5.92 Å². The number of aliphatic hydroxyl groups is 1. The van der Waals surface area contributed by atoms with Crippen LogP contribution in [0.4, 0.5) is 0 Å². The average molecular weight is 429 g/mol. The molecular formula is C24H32N2O5. The first-order valence-electron chi connectivity index (χ1n) is 11.3. The SMILES string of the molecule is CCC1C=C(C(=O)N2Cc3ccc(OCCCN4CCOCC4)cc3C2)C(O)CC1=O.